The summed E-state index contributed by atoms with van der Waals surface area (Å²) in [5.41, 5.74) is 3.43. The van der Waals surface area contributed by atoms with E-state index in [4.69, 9.17) is 4.74 Å². The van der Waals surface area contributed by atoms with Crippen molar-refractivity contribution in [2.75, 3.05) is 18.6 Å². The third-order valence-electron chi connectivity index (χ3n) is 5.13. The molecule has 27 heavy (non-hydrogen) atoms. The molecule has 0 aromatic heterocycles. The van der Waals surface area contributed by atoms with Gasteiger partial charge in [-0.15, -0.1) is 0 Å². The van der Waals surface area contributed by atoms with E-state index in [2.05, 4.69) is 0 Å². The normalized spacial score (nSPS) is 16.0. The first-order valence-electron chi connectivity index (χ1n) is 8.98. The van der Waals surface area contributed by atoms with Gasteiger partial charge in [0.2, 0.25) is 11.8 Å². The number of hydrogen-bond donors (Lipinski definition) is 0. The smallest absolute Gasteiger partial charge is 0.258 e. The summed E-state index contributed by atoms with van der Waals surface area (Å²) in [4.78, 5) is 39.5. The van der Waals surface area contributed by atoms with Crippen molar-refractivity contribution in [3.63, 3.8) is 0 Å². The second kappa shape index (κ2) is 6.87. The van der Waals surface area contributed by atoms with E-state index in [1.54, 1.807) is 36.3 Å². The van der Waals surface area contributed by atoms with Crippen molar-refractivity contribution in [3.8, 4) is 5.75 Å². The molecule has 4 rings (SSSR count). The molecule has 2 aliphatic rings. The quantitative estimate of drug-likeness (QED) is 0.782. The lowest BCUT2D eigenvalue weighted by Gasteiger charge is -2.18. The molecule has 138 valence electrons. The summed E-state index contributed by atoms with van der Waals surface area (Å²) in [6.07, 6.45) is 1.39. The highest BCUT2D eigenvalue weighted by molar-refractivity contribution is 6.07. The monoisotopic (exact) mass is 364 g/mol. The number of rotatable bonds is 4. The Hall–Kier alpha value is -3.15. The Morgan fingerprint density at radius 3 is 2.37 bits per heavy atom. The first-order valence-corrected chi connectivity index (χ1v) is 8.98. The van der Waals surface area contributed by atoms with Gasteiger partial charge in [0.15, 0.2) is 0 Å². The van der Waals surface area contributed by atoms with Gasteiger partial charge in [-0.3, -0.25) is 19.3 Å². The molecule has 6 nitrogen and oxygen atoms in total. The minimum absolute atomic E-state index is 0.0677. The maximum Gasteiger partial charge on any atom is 0.258 e. The molecule has 0 bridgehead atoms. The zero-order chi connectivity index (χ0) is 19.0. The molecule has 2 aliphatic heterocycles. The number of hydrogen-bond acceptors (Lipinski definition) is 4. The van der Waals surface area contributed by atoms with Crippen molar-refractivity contribution in [1.82, 2.24) is 4.90 Å². The van der Waals surface area contributed by atoms with E-state index in [0.717, 1.165) is 29.0 Å². The highest BCUT2D eigenvalue weighted by Gasteiger charge is 2.29. The van der Waals surface area contributed by atoms with Gasteiger partial charge >= 0.3 is 0 Å². The molecule has 0 atom stereocenters. The second-order valence-electron chi connectivity index (χ2n) is 6.77. The lowest BCUT2D eigenvalue weighted by atomic mass is 10.1. The summed E-state index contributed by atoms with van der Waals surface area (Å²) in [6.45, 7) is 0.899. The van der Waals surface area contributed by atoms with E-state index in [-0.39, 0.29) is 37.1 Å². The molecule has 0 saturated carbocycles. The largest absolute Gasteiger partial charge is 0.497 e. The van der Waals surface area contributed by atoms with E-state index >= 15 is 0 Å². The second-order valence-corrected chi connectivity index (χ2v) is 6.77. The molecule has 6 heteroatoms. The number of nitrogens with zero attached hydrogens (tertiary/aromatic N) is 2. The van der Waals surface area contributed by atoms with Crippen molar-refractivity contribution in [2.24, 2.45) is 0 Å². The number of imide groups is 1. The van der Waals surface area contributed by atoms with Crippen LogP contribution in [0.25, 0.3) is 0 Å². The number of likely N-dealkylation sites (tertiary alicyclic amines) is 1. The minimum atomic E-state index is -0.136. The predicted molar refractivity (Wildman–Crippen MR) is 99.6 cm³/mol. The Morgan fingerprint density at radius 2 is 1.70 bits per heavy atom. The van der Waals surface area contributed by atoms with Gasteiger partial charge in [-0.2, -0.15) is 0 Å². The molecule has 2 aromatic carbocycles. The van der Waals surface area contributed by atoms with Gasteiger partial charge in [0.1, 0.15) is 5.75 Å². The fourth-order valence-electron chi connectivity index (χ4n) is 3.59. The summed E-state index contributed by atoms with van der Waals surface area (Å²) >= 11 is 0. The molecule has 0 radical (unpaired) electrons. The third kappa shape index (κ3) is 3.18. The number of ether oxygens (including phenoxy) is 1. The summed E-state index contributed by atoms with van der Waals surface area (Å²) in [7, 11) is 1.61. The van der Waals surface area contributed by atoms with E-state index in [1.165, 1.54) is 4.90 Å². The lowest BCUT2D eigenvalue weighted by molar-refractivity contribution is -0.139. The van der Waals surface area contributed by atoms with E-state index in [1.807, 2.05) is 18.2 Å². The van der Waals surface area contributed by atoms with Gasteiger partial charge in [0.05, 0.1) is 19.3 Å². The molecule has 1 fully saturated rings. The zero-order valence-electron chi connectivity index (χ0n) is 15.1. The standard InChI is InChI=1S/C21H20N2O4/c1-27-17-7-6-15-10-11-22(18(15)12-17)21(26)16-4-2-14(3-5-16)13-23-19(24)8-9-20(23)25/h2-7,12H,8-11,13H2,1H3. The zero-order valence-corrected chi connectivity index (χ0v) is 15.1. The molecule has 1 saturated heterocycles. The highest BCUT2D eigenvalue weighted by atomic mass is 16.5. The van der Waals surface area contributed by atoms with Crippen LogP contribution < -0.4 is 9.64 Å². The van der Waals surface area contributed by atoms with Gasteiger partial charge < -0.3 is 9.64 Å². The fourth-order valence-corrected chi connectivity index (χ4v) is 3.59. The van der Waals surface area contributed by atoms with Crippen molar-refractivity contribution < 1.29 is 19.1 Å². The third-order valence-corrected chi connectivity index (χ3v) is 5.13. The van der Waals surface area contributed by atoms with Crippen molar-refractivity contribution >= 4 is 23.4 Å². The first kappa shape index (κ1) is 17.3. The maximum absolute atomic E-state index is 12.9. The molecular formula is C21H20N2O4. The van der Waals surface area contributed by atoms with Crippen molar-refractivity contribution in [1.29, 1.82) is 0 Å². The number of benzene rings is 2. The Balaban J connectivity index is 1.51. The van der Waals surface area contributed by atoms with Gasteiger partial charge in [-0.25, -0.2) is 0 Å². The molecule has 0 aliphatic carbocycles. The van der Waals surface area contributed by atoms with Gasteiger partial charge in [0, 0.05) is 31.0 Å². The molecule has 2 aromatic rings. The Morgan fingerprint density at radius 1 is 1.00 bits per heavy atom. The number of fused-ring (bicyclic) bond motifs is 1. The Bertz CT molecular complexity index is 904. The molecule has 0 spiro atoms. The predicted octanol–water partition coefficient (Wildman–Crippen LogP) is 2.55. The topological polar surface area (TPSA) is 66.9 Å². The Kier molecular flexibility index (Phi) is 4.39. The highest BCUT2D eigenvalue weighted by Crippen LogP contribution is 2.32. The van der Waals surface area contributed by atoms with Crippen LogP contribution in [0.5, 0.6) is 5.75 Å². The van der Waals surface area contributed by atoms with Crippen LogP contribution in [0.4, 0.5) is 5.69 Å². The number of methoxy groups -OCH3 is 1. The first-order chi connectivity index (χ1) is 13.1. The summed E-state index contributed by atoms with van der Waals surface area (Å²) in [5.74, 6) is 0.385. The van der Waals surface area contributed by atoms with E-state index in [9.17, 15) is 14.4 Å². The molecule has 2 heterocycles. The summed E-state index contributed by atoms with van der Waals surface area (Å²) in [6, 6.07) is 12.9. The van der Waals surface area contributed by atoms with Gasteiger partial charge in [-0.1, -0.05) is 18.2 Å². The van der Waals surface area contributed by atoms with Crippen molar-refractivity contribution in [2.45, 2.75) is 25.8 Å². The molecular weight excluding hydrogens is 344 g/mol. The summed E-state index contributed by atoms with van der Waals surface area (Å²) < 4.78 is 5.27. The summed E-state index contributed by atoms with van der Waals surface area (Å²) in [5, 5.41) is 0. The van der Waals surface area contributed by atoms with Gasteiger partial charge in [0.25, 0.3) is 5.91 Å². The van der Waals surface area contributed by atoms with Crippen molar-refractivity contribution in [3.05, 3.63) is 59.2 Å². The van der Waals surface area contributed by atoms with Crippen LogP contribution in [0.15, 0.2) is 42.5 Å². The van der Waals surface area contributed by atoms with E-state index in [0.29, 0.717) is 12.1 Å². The molecule has 0 N–H and O–H groups in total. The van der Waals surface area contributed by atoms with Crippen LogP contribution in [0, 0.1) is 0 Å². The Labute approximate surface area is 157 Å². The van der Waals surface area contributed by atoms with E-state index < -0.39 is 0 Å². The van der Waals surface area contributed by atoms with Crippen LogP contribution in [0.1, 0.15) is 34.3 Å². The maximum atomic E-state index is 12.9. The van der Waals surface area contributed by atoms with Gasteiger partial charge in [-0.05, 0) is 35.7 Å². The van der Waals surface area contributed by atoms with Crippen LogP contribution in [0.2, 0.25) is 0 Å². The molecule has 0 unspecified atom stereocenters. The van der Waals surface area contributed by atoms with Crippen LogP contribution in [-0.2, 0) is 22.6 Å². The number of anilines is 1. The number of carbonyl (C=O) groups is 3. The SMILES string of the molecule is COc1ccc2c(c1)N(C(=O)c1ccc(CN3C(=O)CCC3=O)cc1)CC2. The molecule has 3 amide bonds. The fraction of sp³-hybridized carbons (Fsp3) is 0.286. The van der Waals surface area contributed by atoms with Crippen LogP contribution >= 0.6 is 0 Å². The van der Waals surface area contributed by atoms with Crippen LogP contribution in [0.3, 0.4) is 0 Å². The van der Waals surface area contributed by atoms with Crippen LogP contribution in [-0.4, -0.2) is 36.3 Å². The minimum Gasteiger partial charge on any atom is -0.497 e. The average molecular weight is 364 g/mol. The lowest BCUT2D eigenvalue weighted by Crippen LogP contribution is -2.29. The average Bonchev–Trinajstić information content (AvgIpc) is 3.25. The number of carbonyl (C=O) groups excluding carboxylic acids is 3. The number of amides is 3.